The lowest BCUT2D eigenvalue weighted by Crippen LogP contribution is -2.44. The molecule has 0 spiro atoms. The van der Waals surface area contributed by atoms with Gasteiger partial charge in [-0.15, -0.1) is 0 Å². The van der Waals surface area contributed by atoms with Crippen LogP contribution in [0.1, 0.15) is 46.0 Å². The van der Waals surface area contributed by atoms with Crippen LogP contribution in [0.3, 0.4) is 0 Å². The molecule has 19 heavy (non-hydrogen) atoms. The molecule has 0 atom stereocenters. The summed E-state index contributed by atoms with van der Waals surface area (Å²) in [6.45, 7) is 11.8. The standard InChI is InChI=1S/C15H31N3O/c1-3-5-11-18(15(19)7-4-2)12-6-10-17-13-8-16-9-14-17/h16H,3-14H2,1-2H3. The molecule has 0 aromatic heterocycles. The van der Waals surface area contributed by atoms with E-state index in [2.05, 4.69) is 29.0 Å². The number of piperazine rings is 1. The molecule has 0 bridgehead atoms. The van der Waals surface area contributed by atoms with Crippen molar-refractivity contribution in [1.82, 2.24) is 15.1 Å². The van der Waals surface area contributed by atoms with Gasteiger partial charge in [-0.1, -0.05) is 20.3 Å². The van der Waals surface area contributed by atoms with Gasteiger partial charge in [0.2, 0.25) is 5.91 Å². The maximum atomic E-state index is 12.0. The van der Waals surface area contributed by atoms with Crippen LogP contribution < -0.4 is 5.32 Å². The van der Waals surface area contributed by atoms with E-state index >= 15 is 0 Å². The fraction of sp³-hybridized carbons (Fsp3) is 0.933. The maximum Gasteiger partial charge on any atom is 0.222 e. The number of unbranched alkanes of at least 4 members (excludes halogenated alkanes) is 1. The Balaban J connectivity index is 2.24. The maximum absolute atomic E-state index is 12.0. The lowest BCUT2D eigenvalue weighted by molar-refractivity contribution is -0.131. The highest BCUT2D eigenvalue weighted by Crippen LogP contribution is 2.04. The zero-order chi connectivity index (χ0) is 13.9. The average molecular weight is 269 g/mol. The molecule has 112 valence electrons. The molecule has 1 aliphatic heterocycles. The summed E-state index contributed by atoms with van der Waals surface area (Å²) in [6.07, 6.45) is 5.06. The molecule has 0 aliphatic carbocycles. The monoisotopic (exact) mass is 269 g/mol. The third-order valence-electron chi connectivity index (χ3n) is 3.71. The molecule has 1 aliphatic rings. The van der Waals surface area contributed by atoms with E-state index < -0.39 is 0 Å². The molecule has 0 saturated carbocycles. The number of carbonyl (C=O) groups excluding carboxylic acids is 1. The van der Waals surface area contributed by atoms with E-state index in [4.69, 9.17) is 0 Å². The van der Waals surface area contributed by atoms with Gasteiger partial charge in [0.25, 0.3) is 0 Å². The van der Waals surface area contributed by atoms with E-state index in [0.717, 1.165) is 71.5 Å². The summed E-state index contributed by atoms with van der Waals surface area (Å²) in [7, 11) is 0. The van der Waals surface area contributed by atoms with Gasteiger partial charge in [0.1, 0.15) is 0 Å². The molecule has 4 nitrogen and oxygen atoms in total. The highest BCUT2D eigenvalue weighted by atomic mass is 16.2. The van der Waals surface area contributed by atoms with Crippen molar-refractivity contribution < 1.29 is 4.79 Å². The Morgan fingerprint density at radius 1 is 1.11 bits per heavy atom. The summed E-state index contributed by atoms with van der Waals surface area (Å²) in [5.41, 5.74) is 0. The van der Waals surface area contributed by atoms with Crippen molar-refractivity contribution >= 4 is 5.91 Å². The van der Waals surface area contributed by atoms with Crippen LogP contribution in [0.5, 0.6) is 0 Å². The van der Waals surface area contributed by atoms with Crippen LogP contribution in [0.25, 0.3) is 0 Å². The van der Waals surface area contributed by atoms with Crippen molar-refractivity contribution in [3.8, 4) is 0 Å². The Kier molecular flexibility index (Phi) is 8.84. The zero-order valence-electron chi connectivity index (χ0n) is 12.8. The second-order valence-electron chi connectivity index (χ2n) is 5.43. The number of amides is 1. The van der Waals surface area contributed by atoms with Crippen molar-refractivity contribution in [3.63, 3.8) is 0 Å². The van der Waals surface area contributed by atoms with E-state index in [1.807, 2.05) is 0 Å². The van der Waals surface area contributed by atoms with Crippen molar-refractivity contribution in [2.24, 2.45) is 0 Å². The molecule has 1 saturated heterocycles. The fourth-order valence-corrected chi connectivity index (χ4v) is 2.50. The van der Waals surface area contributed by atoms with Crippen molar-refractivity contribution in [3.05, 3.63) is 0 Å². The first-order chi connectivity index (χ1) is 9.27. The summed E-state index contributed by atoms with van der Waals surface area (Å²) >= 11 is 0. The van der Waals surface area contributed by atoms with Crippen molar-refractivity contribution in [1.29, 1.82) is 0 Å². The predicted molar refractivity (Wildman–Crippen MR) is 80.3 cm³/mol. The first kappa shape index (κ1) is 16.4. The van der Waals surface area contributed by atoms with E-state index in [1.54, 1.807) is 0 Å². The number of hydrogen-bond donors (Lipinski definition) is 1. The minimum atomic E-state index is 0.344. The molecule has 0 aromatic rings. The van der Waals surface area contributed by atoms with Gasteiger partial charge in [0.15, 0.2) is 0 Å². The Morgan fingerprint density at radius 3 is 2.42 bits per heavy atom. The first-order valence-corrected chi connectivity index (χ1v) is 7.98. The summed E-state index contributed by atoms with van der Waals surface area (Å²) in [5, 5.41) is 3.37. The molecule has 0 unspecified atom stereocenters. The SMILES string of the molecule is CCCCN(CCCN1CCNCC1)C(=O)CCC. The molecule has 1 heterocycles. The largest absolute Gasteiger partial charge is 0.343 e. The van der Waals surface area contributed by atoms with Crippen LogP contribution in [0.15, 0.2) is 0 Å². The molecular formula is C15H31N3O. The Labute approximate surface area is 118 Å². The van der Waals surface area contributed by atoms with E-state index in [-0.39, 0.29) is 0 Å². The van der Waals surface area contributed by atoms with Gasteiger partial charge in [-0.2, -0.15) is 0 Å². The summed E-state index contributed by atoms with van der Waals surface area (Å²) < 4.78 is 0. The van der Waals surface area contributed by atoms with Gasteiger partial charge >= 0.3 is 0 Å². The second-order valence-corrected chi connectivity index (χ2v) is 5.43. The predicted octanol–water partition coefficient (Wildman–Crippen LogP) is 1.71. The van der Waals surface area contributed by atoms with Crippen LogP contribution in [0, 0.1) is 0 Å². The topological polar surface area (TPSA) is 35.6 Å². The van der Waals surface area contributed by atoms with Crippen LogP contribution in [-0.4, -0.2) is 61.5 Å². The minimum absolute atomic E-state index is 0.344. The average Bonchev–Trinajstić information content (AvgIpc) is 2.44. The fourth-order valence-electron chi connectivity index (χ4n) is 2.50. The lowest BCUT2D eigenvalue weighted by atomic mass is 10.2. The lowest BCUT2D eigenvalue weighted by Gasteiger charge is -2.29. The van der Waals surface area contributed by atoms with Crippen LogP contribution in [0.2, 0.25) is 0 Å². The number of hydrogen-bond acceptors (Lipinski definition) is 3. The normalized spacial score (nSPS) is 16.5. The van der Waals surface area contributed by atoms with Crippen LogP contribution in [0.4, 0.5) is 0 Å². The third kappa shape index (κ3) is 6.92. The van der Waals surface area contributed by atoms with Crippen LogP contribution in [-0.2, 0) is 4.79 Å². The third-order valence-corrected chi connectivity index (χ3v) is 3.71. The smallest absolute Gasteiger partial charge is 0.222 e. The highest BCUT2D eigenvalue weighted by Gasteiger charge is 2.13. The second kappa shape index (κ2) is 10.2. The summed E-state index contributed by atoms with van der Waals surface area (Å²) in [5.74, 6) is 0.344. The van der Waals surface area contributed by atoms with Gasteiger partial charge in [0, 0.05) is 45.7 Å². The summed E-state index contributed by atoms with van der Waals surface area (Å²) in [6, 6.07) is 0. The Bertz CT molecular complexity index is 240. The molecular weight excluding hydrogens is 238 g/mol. The van der Waals surface area contributed by atoms with Gasteiger partial charge in [0.05, 0.1) is 0 Å². The molecule has 1 amide bonds. The van der Waals surface area contributed by atoms with Crippen molar-refractivity contribution in [2.75, 3.05) is 45.8 Å². The molecule has 0 aromatic carbocycles. The molecule has 4 heteroatoms. The van der Waals surface area contributed by atoms with E-state index in [0.29, 0.717) is 12.3 Å². The van der Waals surface area contributed by atoms with Gasteiger partial charge in [-0.05, 0) is 25.8 Å². The quantitative estimate of drug-likeness (QED) is 0.692. The number of nitrogens with zero attached hydrogens (tertiary/aromatic N) is 2. The minimum Gasteiger partial charge on any atom is -0.343 e. The van der Waals surface area contributed by atoms with Gasteiger partial charge in [-0.25, -0.2) is 0 Å². The zero-order valence-corrected chi connectivity index (χ0v) is 12.8. The van der Waals surface area contributed by atoms with Gasteiger partial charge in [-0.3, -0.25) is 4.79 Å². The van der Waals surface area contributed by atoms with E-state index in [9.17, 15) is 4.79 Å². The first-order valence-electron chi connectivity index (χ1n) is 7.98. The van der Waals surface area contributed by atoms with Crippen molar-refractivity contribution in [2.45, 2.75) is 46.0 Å². The van der Waals surface area contributed by atoms with Gasteiger partial charge < -0.3 is 15.1 Å². The number of carbonyl (C=O) groups is 1. The highest BCUT2D eigenvalue weighted by molar-refractivity contribution is 5.76. The molecule has 1 N–H and O–H groups in total. The number of rotatable bonds is 9. The molecule has 1 fully saturated rings. The number of nitrogens with one attached hydrogen (secondary N) is 1. The molecule has 1 rings (SSSR count). The Hall–Kier alpha value is -0.610. The van der Waals surface area contributed by atoms with Crippen LogP contribution >= 0.6 is 0 Å². The Morgan fingerprint density at radius 2 is 1.79 bits per heavy atom. The molecule has 0 radical (unpaired) electrons. The van der Waals surface area contributed by atoms with E-state index in [1.165, 1.54) is 0 Å². The summed E-state index contributed by atoms with van der Waals surface area (Å²) in [4.78, 5) is 16.6.